The van der Waals surface area contributed by atoms with Gasteiger partial charge in [-0.2, -0.15) is 0 Å². The Bertz CT molecular complexity index is 732. The number of carbonyl (C=O) groups is 2. The number of halogens is 1. The van der Waals surface area contributed by atoms with E-state index in [4.69, 9.17) is 28.9 Å². The molecule has 0 saturated carbocycles. The number of aliphatic hydroxyl groups excluding tert-OH is 1. The van der Waals surface area contributed by atoms with Gasteiger partial charge in [0.05, 0.1) is 0 Å². The normalized spacial score (nSPS) is 18.1. The van der Waals surface area contributed by atoms with E-state index in [1.807, 2.05) is 0 Å². The quantitative estimate of drug-likeness (QED) is 0.704. The predicted octanol–water partition coefficient (Wildman–Crippen LogP) is 3.50. The van der Waals surface area contributed by atoms with Crippen LogP contribution in [0.1, 0.15) is 18.9 Å². The van der Waals surface area contributed by atoms with Crippen molar-refractivity contribution in [3.8, 4) is 0 Å². The third kappa shape index (κ3) is 3.30. The molecule has 0 spiro atoms. The molecule has 23 heavy (non-hydrogen) atoms. The topological polar surface area (TPSA) is 89.9 Å². The number of carbonyl (C=O) groups excluding carboxylic acids is 1. The Morgan fingerprint density at radius 1 is 1.48 bits per heavy atom. The molecule has 122 valence electrons. The lowest BCUT2D eigenvalue weighted by Crippen LogP contribution is -2.48. The fourth-order valence-electron chi connectivity index (χ4n) is 2.35. The molecular formula is C15H15ClN2O4S. The van der Waals surface area contributed by atoms with E-state index in [1.165, 1.54) is 6.92 Å². The Morgan fingerprint density at radius 3 is 2.74 bits per heavy atom. The molecule has 0 aromatic heterocycles. The molecule has 8 heteroatoms. The van der Waals surface area contributed by atoms with Gasteiger partial charge in [-0.3, -0.25) is 4.79 Å². The molecule has 0 bridgehead atoms. The lowest BCUT2D eigenvalue weighted by atomic mass is 10.0. The smallest absolute Gasteiger partial charge is 0.414 e. The van der Waals surface area contributed by atoms with Crippen LogP contribution in [0.4, 0.5) is 10.5 Å². The van der Waals surface area contributed by atoms with Crippen molar-refractivity contribution in [2.75, 3.05) is 5.32 Å². The molecule has 1 heterocycles. The minimum Gasteiger partial charge on any atom is -0.511 e. The zero-order chi connectivity index (χ0) is 17.3. The summed E-state index contributed by atoms with van der Waals surface area (Å²) in [6, 6.07) is 4.49. The summed E-state index contributed by atoms with van der Waals surface area (Å²) in [5, 5.41) is 22.6. The molecule has 2 amide bonds. The van der Waals surface area contributed by atoms with Gasteiger partial charge in [0.2, 0.25) is 0 Å². The van der Waals surface area contributed by atoms with Gasteiger partial charge in [0, 0.05) is 23.2 Å². The van der Waals surface area contributed by atoms with Gasteiger partial charge in [0.1, 0.15) is 16.3 Å². The fourth-order valence-corrected chi connectivity index (χ4v) is 2.84. The molecule has 1 aromatic rings. The van der Waals surface area contributed by atoms with Crippen LogP contribution in [-0.4, -0.2) is 38.1 Å². The third-order valence-electron chi connectivity index (χ3n) is 3.60. The number of hydrogen-bond donors (Lipinski definition) is 3. The third-order valence-corrected chi connectivity index (χ3v) is 4.32. The van der Waals surface area contributed by atoms with E-state index in [9.17, 15) is 14.7 Å². The number of thiocarbonyl (C=S) groups is 1. The van der Waals surface area contributed by atoms with Crippen molar-refractivity contribution >= 4 is 46.5 Å². The Labute approximate surface area is 143 Å². The van der Waals surface area contributed by atoms with Gasteiger partial charge in [-0.25, -0.2) is 9.69 Å². The number of nitrogens with one attached hydrogen (secondary N) is 1. The number of carboxylic acid groups (broad SMARTS) is 1. The van der Waals surface area contributed by atoms with Crippen LogP contribution in [0.2, 0.25) is 5.02 Å². The molecule has 0 unspecified atom stereocenters. The lowest BCUT2D eigenvalue weighted by molar-refractivity contribution is -0.127. The number of hydrogen-bond acceptors (Lipinski definition) is 4. The molecule has 0 aliphatic carbocycles. The number of nitrogens with zero attached hydrogens (tertiary/aromatic N) is 1. The predicted molar refractivity (Wildman–Crippen MR) is 91.0 cm³/mol. The summed E-state index contributed by atoms with van der Waals surface area (Å²) in [7, 11) is 0. The number of amides is 2. The van der Waals surface area contributed by atoms with Gasteiger partial charge in [0.25, 0.3) is 5.91 Å². The van der Waals surface area contributed by atoms with Crippen LogP contribution in [0.3, 0.4) is 0 Å². The van der Waals surface area contributed by atoms with Crippen molar-refractivity contribution < 1.29 is 19.8 Å². The average Bonchev–Trinajstić information content (AvgIpc) is 2.42. The summed E-state index contributed by atoms with van der Waals surface area (Å²) < 4.78 is 0. The van der Waals surface area contributed by atoms with Gasteiger partial charge in [-0.15, -0.1) is 0 Å². The zero-order valence-electron chi connectivity index (χ0n) is 12.5. The van der Waals surface area contributed by atoms with Crippen molar-refractivity contribution in [2.45, 2.75) is 26.3 Å². The SMILES string of the molecule is Cc1c(Cl)cccc1NC(=S)C1=C(O)C[C@@H](C)N(C(=O)O)C1=O. The maximum Gasteiger partial charge on any atom is 0.414 e. The highest BCUT2D eigenvalue weighted by atomic mass is 35.5. The van der Waals surface area contributed by atoms with Gasteiger partial charge >= 0.3 is 6.09 Å². The summed E-state index contributed by atoms with van der Waals surface area (Å²) in [5.41, 5.74) is 1.10. The molecular weight excluding hydrogens is 340 g/mol. The van der Waals surface area contributed by atoms with E-state index in [-0.39, 0.29) is 22.7 Å². The van der Waals surface area contributed by atoms with Gasteiger partial charge in [-0.05, 0) is 31.5 Å². The van der Waals surface area contributed by atoms with E-state index in [2.05, 4.69) is 5.32 Å². The molecule has 2 rings (SSSR count). The Kier molecular flexibility index (Phi) is 4.91. The fraction of sp³-hybridized carbons (Fsp3) is 0.267. The van der Waals surface area contributed by atoms with Crippen molar-refractivity contribution in [1.82, 2.24) is 4.90 Å². The molecule has 1 aromatic carbocycles. The largest absolute Gasteiger partial charge is 0.511 e. The van der Waals surface area contributed by atoms with E-state index >= 15 is 0 Å². The van der Waals surface area contributed by atoms with Crippen molar-refractivity contribution in [1.29, 1.82) is 0 Å². The first kappa shape index (κ1) is 17.2. The highest BCUT2D eigenvalue weighted by Crippen LogP contribution is 2.27. The molecule has 1 atom stereocenters. The number of imide groups is 1. The monoisotopic (exact) mass is 354 g/mol. The minimum atomic E-state index is -1.38. The lowest BCUT2D eigenvalue weighted by Gasteiger charge is -2.30. The van der Waals surface area contributed by atoms with Crippen LogP contribution in [0.25, 0.3) is 0 Å². The van der Waals surface area contributed by atoms with Crippen LogP contribution in [-0.2, 0) is 4.79 Å². The first-order chi connectivity index (χ1) is 10.7. The van der Waals surface area contributed by atoms with E-state index in [1.54, 1.807) is 25.1 Å². The number of aliphatic hydroxyl groups is 1. The van der Waals surface area contributed by atoms with Crippen LogP contribution >= 0.6 is 23.8 Å². The van der Waals surface area contributed by atoms with Crippen LogP contribution < -0.4 is 5.32 Å². The average molecular weight is 355 g/mol. The number of rotatable bonds is 2. The van der Waals surface area contributed by atoms with Crippen molar-refractivity contribution in [3.05, 3.63) is 40.1 Å². The first-order valence-electron chi connectivity index (χ1n) is 6.79. The second-order valence-corrected chi connectivity index (χ2v) is 6.01. The highest BCUT2D eigenvalue weighted by molar-refractivity contribution is 7.81. The molecule has 6 nitrogen and oxygen atoms in total. The maximum absolute atomic E-state index is 12.3. The molecule has 1 aliphatic heterocycles. The summed E-state index contributed by atoms with van der Waals surface area (Å²) in [6.07, 6.45) is -1.36. The Hall–Kier alpha value is -2.12. The van der Waals surface area contributed by atoms with Crippen molar-refractivity contribution in [2.24, 2.45) is 0 Å². The van der Waals surface area contributed by atoms with E-state index in [0.29, 0.717) is 15.6 Å². The highest BCUT2D eigenvalue weighted by Gasteiger charge is 2.38. The summed E-state index contributed by atoms with van der Waals surface area (Å²) in [5.74, 6) is -1.07. The second kappa shape index (κ2) is 6.55. The molecule has 0 saturated heterocycles. The molecule has 3 N–H and O–H groups in total. The molecule has 0 fully saturated rings. The van der Waals surface area contributed by atoms with Gasteiger partial charge < -0.3 is 15.5 Å². The maximum atomic E-state index is 12.3. The van der Waals surface area contributed by atoms with E-state index < -0.39 is 18.0 Å². The summed E-state index contributed by atoms with van der Waals surface area (Å²) in [4.78, 5) is 24.2. The summed E-state index contributed by atoms with van der Waals surface area (Å²) in [6.45, 7) is 3.31. The van der Waals surface area contributed by atoms with Crippen LogP contribution in [0, 0.1) is 6.92 Å². The molecule has 0 radical (unpaired) electrons. The Balaban J connectivity index is 2.34. The number of benzene rings is 1. The van der Waals surface area contributed by atoms with Gasteiger partial charge in [-0.1, -0.05) is 29.9 Å². The first-order valence-corrected chi connectivity index (χ1v) is 7.57. The van der Waals surface area contributed by atoms with Gasteiger partial charge in [0.15, 0.2) is 0 Å². The summed E-state index contributed by atoms with van der Waals surface area (Å²) >= 11 is 11.2. The standard InChI is InChI=1S/C15H15ClN2O4S/c1-7-6-11(19)12(14(20)18(7)15(21)22)13(23)17-10-5-3-4-9(16)8(10)2/h3-5,7,19H,6H2,1-2H3,(H,17,23)(H,21,22)/t7-/m1/s1. The molecule has 1 aliphatic rings. The van der Waals surface area contributed by atoms with Crippen molar-refractivity contribution in [3.63, 3.8) is 0 Å². The van der Waals surface area contributed by atoms with Crippen LogP contribution in [0.5, 0.6) is 0 Å². The number of anilines is 1. The second-order valence-electron chi connectivity index (χ2n) is 5.20. The van der Waals surface area contributed by atoms with E-state index in [0.717, 1.165) is 5.56 Å². The minimum absolute atomic E-state index is 0.0176. The zero-order valence-corrected chi connectivity index (χ0v) is 14.0. The Morgan fingerprint density at radius 2 is 2.13 bits per heavy atom. The van der Waals surface area contributed by atoms with Crippen LogP contribution in [0.15, 0.2) is 29.5 Å².